The van der Waals surface area contributed by atoms with E-state index in [0.29, 0.717) is 23.8 Å². The summed E-state index contributed by atoms with van der Waals surface area (Å²) < 4.78 is 5.12. The number of hydrogen-bond donors (Lipinski definition) is 2. The second kappa shape index (κ2) is 7.12. The number of aromatic nitrogens is 3. The van der Waals surface area contributed by atoms with E-state index in [4.69, 9.17) is 4.74 Å². The van der Waals surface area contributed by atoms with Crippen molar-refractivity contribution >= 4 is 17.5 Å². The van der Waals surface area contributed by atoms with Crippen molar-refractivity contribution in [2.45, 2.75) is 19.4 Å². The molecule has 0 atom stereocenters. The normalized spacial score (nSPS) is 14.2. The van der Waals surface area contributed by atoms with Gasteiger partial charge in [-0.15, -0.1) is 0 Å². The number of benzene rings is 1. The minimum atomic E-state index is -0.318. The fourth-order valence-electron chi connectivity index (χ4n) is 2.34. The summed E-state index contributed by atoms with van der Waals surface area (Å²) in [5, 5.41) is 14.8. The van der Waals surface area contributed by atoms with Crippen LogP contribution in [0.4, 0.5) is 0 Å². The Morgan fingerprint density at radius 1 is 1.32 bits per heavy atom. The van der Waals surface area contributed by atoms with Crippen LogP contribution in [-0.4, -0.2) is 51.9 Å². The van der Waals surface area contributed by atoms with E-state index in [0.717, 1.165) is 11.3 Å². The molecule has 0 fully saturated rings. The molecule has 0 unspecified atom stereocenters. The molecule has 25 heavy (non-hydrogen) atoms. The van der Waals surface area contributed by atoms with Gasteiger partial charge in [-0.05, 0) is 24.3 Å². The Hall–Kier alpha value is -3.23. The number of carbonyl (C=O) groups is 2. The largest absolute Gasteiger partial charge is 0.497 e. The molecule has 0 aliphatic carbocycles. The lowest BCUT2D eigenvalue weighted by atomic mass is 10.1. The van der Waals surface area contributed by atoms with Gasteiger partial charge in [-0.25, -0.2) is 9.99 Å². The minimum absolute atomic E-state index is 0.101. The van der Waals surface area contributed by atoms with Gasteiger partial charge in [-0.2, -0.15) is 10.2 Å². The monoisotopic (exact) mass is 342 g/mol. The maximum atomic E-state index is 12.1. The molecular formula is C16H18N6O3. The third-order valence-electron chi connectivity index (χ3n) is 3.77. The molecule has 0 saturated heterocycles. The molecule has 9 heteroatoms. The van der Waals surface area contributed by atoms with Gasteiger partial charge in [0.2, 0.25) is 5.91 Å². The molecule has 130 valence electrons. The van der Waals surface area contributed by atoms with Gasteiger partial charge in [0.1, 0.15) is 17.3 Å². The lowest BCUT2D eigenvalue weighted by Gasteiger charge is -2.18. The number of hydrogen-bond acceptors (Lipinski definition) is 6. The van der Waals surface area contributed by atoms with Crippen LogP contribution < -0.4 is 10.1 Å². The predicted octanol–water partition coefficient (Wildman–Crippen LogP) is 0.705. The summed E-state index contributed by atoms with van der Waals surface area (Å²) in [7, 11) is 3.14. The number of ether oxygens (including phenoxy) is 1. The number of hydrazone groups is 1. The van der Waals surface area contributed by atoms with Crippen LogP contribution in [0.1, 0.15) is 18.7 Å². The fourth-order valence-corrected chi connectivity index (χ4v) is 2.34. The first kappa shape index (κ1) is 16.6. The highest BCUT2D eigenvalue weighted by atomic mass is 16.5. The molecule has 0 bridgehead atoms. The van der Waals surface area contributed by atoms with Crippen LogP contribution in [0.15, 0.2) is 29.4 Å². The summed E-state index contributed by atoms with van der Waals surface area (Å²) in [6.07, 6.45) is 0.620. The van der Waals surface area contributed by atoms with Crippen LogP contribution in [-0.2, 0) is 16.1 Å². The summed E-state index contributed by atoms with van der Waals surface area (Å²) in [6, 6.07) is 7.36. The Kier molecular flexibility index (Phi) is 4.73. The van der Waals surface area contributed by atoms with Gasteiger partial charge in [0, 0.05) is 25.5 Å². The molecule has 0 radical (unpaired) electrons. The zero-order chi connectivity index (χ0) is 17.8. The molecule has 2 amide bonds. The maximum Gasteiger partial charge on any atom is 0.267 e. The van der Waals surface area contributed by atoms with Crippen LogP contribution in [0, 0.1) is 0 Å². The summed E-state index contributed by atoms with van der Waals surface area (Å²) in [5.74, 6) is 1.40. The van der Waals surface area contributed by atoms with E-state index < -0.39 is 0 Å². The molecule has 2 heterocycles. The van der Waals surface area contributed by atoms with E-state index in [2.05, 4.69) is 25.6 Å². The Labute approximate surface area is 144 Å². The maximum absolute atomic E-state index is 12.1. The molecule has 1 aromatic heterocycles. The number of amides is 2. The van der Waals surface area contributed by atoms with Crippen molar-refractivity contribution in [3.8, 4) is 17.1 Å². The average Bonchev–Trinajstić information content (AvgIpc) is 3.11. The number of H-pyrrole nitrogens is 1. The summed E-state index contributed by atoms with van der Waals surface area (Å²) in [6.45, 7) is 0.193. The molecule has 2 N–H and O–H groups in total. The summed E-state index contributed by atoms with van der Waals surface area (Å²) >= 11 is 0. The van der Waals surface area contributed by atoms with Gasteiger partial charge in [0.25, 0.3) is 5.91 Å². The molecule has 3 rings (SSSR count). The second-order valence-electron chi connectivity index (χ2n) is 5.48. The Morgan fingerprint density at radius 2 is 2.08 bits per heavy atom. The SMILES string of the molecule is COc1ccc(-c2n[nH]c(CNC(=O)C3=NN(C)C(=O)CC3)n2)cc1. The van der Waals surface area contributed by atoms with E-state index in [1.54, 1.807) is 7.11 Å². The topological polar surface area (TPSA) is 113 Å². The molecule has 9 nitrogen and oxygen atoms in total. The fraction of sp³-hybridized carbons (Fsp3) is 0.312. The molecule has 2 aromatic rings. The Bertz CT molecular complexity index is 812. The first-order chi connectivity index (χ1) is 12.1. The Morgan fingerprint density at radius 3 is 2.76 bits per heavy atom. The standard InChI is InChI=1S/C16H18N6O3/c1-22-14(23)8-7-12(21-22)16(24)17-9-13-18-15(20-19-13)10-3-5-11(25-2)6-4-10/h3-6H,7-9H2,1-2H3,(H,17,24)(H,18,19,20). The van der Waals surface area contributed by atoms with Crippen LogP contribution in [0.2, 0.25) is 0 Å². The van der Waals surface area contributed by atoms with Crippen molar-refractivity contribution in [3.05, 3.63) is 30.1 Å². The third kappa shape index (κ3) is 3.82. The van der Waals surface area contributed by atoms with E-state index in [1.807, 2.05) is 24.3 Å². The predicted molar refractivity (Wildman–Crippen MR) is 89.7 cm³/mol. The Balaban J connectivity index is 1.61. The number of rotatable bonds is 5. The summed E-state index contributed by atoms with van der Waals surface area (Å²) in [4.78, 5) is 27.8. The number of nitrogens with zero attached hydrogens (tertiary/aromatic N) is 4. The smallest absolute Gasteiger partial charge is 0.267 e. The third-order valence-corrected chi connectivity index (χ3v) is 3.77. The zero-order valence-electron chi connectivity index (χ0n) is 13.9. The molecule has 0 spiro atoms. The summed E-state index contributed by atoms with van der Waals surface area (Å²) in [5.41, 5.74) is 1.17. The highest BCUT2D eigenvalue weighted by Gasteiger charge is 2.21. The van der Waals surface area contributed by atoms with Crippen molar-refractivity contribution in [1.29, 1.82) is 0 Å². The van der Waals surface area contributed by atoms with Crippen molar-refractivity contribution in [2.75, 3.05) is 14.2 Å². The number of aromatic amines is 1. The lowest BCUT2D eigenvalue weighted by Crippen LogP contribution is -2.37. The molecule has 1 aliphatic rings. The van der Waals surface area contributed by atoms with Crippen molar-refractivity contribution < 1.29 is 14.3 Å². The van der Waals surface area contributed by atoms with Crippen LogP contribution in [0.5, 0.6) is 5.75 Å². The van der Waals surface area contributed by atoms with Gasteiger partial charge in [0.15, 0.2) is 5.82 Å². The van der Waals surface area contributed by atoms with E-state index in [9.17, 15) is 9.59 Å². The zero-order valence-corrected chi connectivity index (χ0v) is 13.9. The highest BCUT2D eigenvalue weighted by molar-refractivity contribution is 6.39. The van der Waals surface area contributed by atoms with Gasteiger partial charge >= 0.3 is 0 Å². The number of carbonyl (C=O) groups excluding carboxylic acids is 2. The van der Waals surface area contributed by atoms with E-state index >= 15 is 0 Å². The number of nitrogens with one attached hydrogen (secondary N) is 2. The average molecular weight is 342 g/mol. The molecule has 0 saturated carbocycles. The minimum Gasteiger partial charge on any atom is -0.497 e. The highest BCUT2D eigenvalue weighted by Crippen LogP contribution is 2.18. The second-order valence-corrected chi connectivity index (χ2v) is 5.48. The van der Waals surface area contributed by atoms with Gasteiger partial charge in [-0.3, -0.25) is 14.7 Å². The van der Waals surface area contributed by atoms with Crippen LogP contribution in [0.3, 0.4) is 0 Å². The number of methoxy groups -OCH3 is 1. The van der Waals surface area contributed by atoms with E-state index in [1.165, 1.54) is 12.1 Å². The van der Waals surface area contributed by atoms with Crippen LogP contribution in [0.25, 0.3) is 11.4 Å². The van der Waals surface area contributed by atoms with Gasteiger partial charge in [0.05, 0.1) is 13.7 Å². The van der Waals surface area contributed by atoms with Gasteiger partial charge < -0.3 is 10.1 Å². The quantitative estimate of drug-likeness (QED) is 0.831. The molecule has 1 aliphatic heterocycles. The van der Waals surface area contributed by atoms with Crippen molar-refractivity contribution in [2.24, 2.45) is 5.10 Å². The molecular weight excluding hydrogens is 324 g/mol. The van der Waals surface area contributed by atoms with Crippen LogP contribution >= 0.6 is 0 Å². The van der Waals surface area contributed by atoms with E-state index in [-0.39, 0.29) is 24.8 Å². The lowest BCUT2D eigenvalue weighted by molar-refractivity contribution is -0.130. The molecule has 1 aromatic carbocycles. The van der Waals surface area contributed by atoms with Crippen molar-refractivity contribution in [3.63, 3.8) is 0 Å². The first-order valence-electron chi connectivity index (χ1n) is 7.75. The first-order valence-corrected chi connectivity index (χ1v) is 7.75. The van der Waals surface area contributed by atoms with Crippen molar-refractivity contribution in [1.82, 2.24) is 25.5 Å². The van der Waals surface area contributed by atoms with Gasteiger partial charge in [-0.1, -0.05) is 0 Å².